The summed E-state index contributed by atoms with van der Waals surface area (Å²) in [7, 11) is 0. The Bertz CT molecular complexity index is 625. The third-order valence-electron chi connectivity index (χ3n) is 2.25. The molecule has 0 aliphatic heterocycles. The molecule has 0 atom stereocenters. The van der Waals surface area contributed by atoms with Gasteiger partial charge in [-0.3, -0.25) is 0 Å². The Morgan fingerprint density at radius 2 is 2.35 bits per heavy atom. The van der Waals surface area contributed by atoms with Gasteiger partial charge in [0.25, 0.3) is 0 Å². The number of nitriles is 1. The Balaban J connectivity index is 2.58. The van der Waals surface area contributed by atoms with E-state index in [1.54, 1.807) is 19.1 Å². The Morgan fingerprint density at radius 1 is 1.59 bits per heavy atom. The average Bonchev–Trinajstić information content (AvgIpc) is 2.71. The summed E-state index contributed by atoms with van der Waals surface area (Å²) in [6, 6.07) is 5.21. The Labute approximate surface area is 96.8 Å². The van der Waals surface area contributed by atoms with Crippen LogP contribution >= 0.6 is 0 Å². The van der Waals surface area contributed by atoms with Crippen LogP contribution in [0, 0.1) is 18.3 Å². The van der Waals surface area contributed by atoms with Gasteiger partial charge in [-0.1, -0.05) is 0 Å². The average molecular weight is 228 g/mol. The van der Waals surface area contributed by atoms with Crippen LogP contribution < -0.4 is 0 Å². The van der Waals surface area contributed by atoms with Crippen molar-refractivity contribution < 1.29 is 9.90 Å². The number of aromatic carboxylic acids is 1. The van der Waals surface area contributed by atoms with E-state index >= 15 is 0 Å². The molecule has 2 rings (SSSR count). The molecule has 0 radical (unpaired) electrons. The number of carboxylic acid groups (broad SMARTS) is 1. The van der Waals surface area contributed by atoms with Crippen molar-refractivity contribution in [2.75, 3.05) is 0 Å². The van der Waals surface area contributed by atoms with Crippen LogP contribution in [0.15, 0.2) is 24.5 Å². The van der Waals surface area contributed by atoms with Crippen molar-refractivity contribution in [3.05, 3.63) is 41.3 Å². The predicted octanol–water partition coefficient (Wildman–Crippen LogP) is 1.15. The minimum Gasteiger partial charge on any atom is -0.478 e. The first-order chi connectivity index (χ1) is 8.13. The SMILES string of the molecule is Cc1nn(-c2ncccc2C#N)cc1C(=O)O. The largest absolute Gasteiger partial charge is 0.478 e. The normalized spacial score (nSPS) is 9.88. The molecule has 2 aromatic rings. The minimum atomic E-state index is -1.05. The molecule has 0 aliphatic carbocycles. The lowest BCUT2D eigenvalue weighted by atomic mass is 10.2. The third-order valence-corrected chi connectivity index (χ3v) is 2.25. The van der Waals surface area contributed by atoms with E-state index in [0.29, 0.717) is 17.1 Å². The first kappa shape index (κ1) is 10.8. The Hall–Kier alpha value is -2.68. The second kappa shape index (κ2) is 4.06. The van der Waals surface area contributed by atoms with Crippen molar-refractivity contribution in [3.8, 4) is 11.9 Å². The van der Waals surface area contributed by atoms with Gasteiger partial charge < -0.3 is 5.11 Å². The molecule has 0 saturated heterocycles. The van der Waals surface area contributed by atoms with E-state index < -0.39 is 5.97 Å². The summed E-state index contributed by atoms with van der Waals surface area (Å²) in [5, 5.41) is 21.9. The summed E-state index contributed by atoms with van der Waals surface area (Å²) < 4.78 is 1.30. The molecule has 0 aliphatic rings. The van der Waals surface area contributed by atoms with Gasteiger partial charge in [-0.25, -0.2) is 14.5 Å². The molecular formula is C11H8N4O2. The van der Waals surface area contributed by atoms with E-state index in [-0.39, 0.29) is 5.56 Å². The smallest absolute Gasteiger partial charge is 0.339 e. The quantitative estimate of drug-likeness (QED) is 0.832. The van der Waals surface area contributed by atoms with Crippen molar-refractivity contribution >= 4 is 5.97 Å². The molecular weight excluding hydrogens is 220 g/mol. The van der Waals surface area contributed by atoms with Gasteiger partial charge in [0, 0.05) is 12.4 Å². The number of carboxylic acids is 1. The maximum Gasteiger partial charge on any atom is 0.339 e. The molecule has 0 unspecified atom stereocenters. The highest BCUT2D eigenvalue weighted by Gasteiger charge is 2.14. The molecule has 1 N–H and O–H groups in total. The van der Waals surface area contributed by atoms with Crippen LogP contribution in [0.4, 0.5) is 0 Å². The number of hydrogen-bond acceptors (Lipinski definition) is 4. The van der Waals surface area contributed by atoms with Gasteiger partial charge in [0.2, 0.25) is 0 Å². The molecule has 17 heavy (non-hydrogen) atoms. The van der Waals surface area contributed by atoms with Crippen molar-refractivity contribution in [2.45, 2.75) is 6.92 Å². The molecule has 0 saturated carbocycles. The highest BCUT2D eigenvalue weighted by Crippen LogP contribution is 2.13. The van der Waals surface area contributed by atoms with Crippen molar-refractivity contribution in [1.29, 1.82) is 5.26 Å². The first-order valence-electron chi connectivity index (χ1n) is 4.78. The van der Waals surface area contributed by atoms with Gasteiger partial charge >= 0.3 is 5.97 Å². The van der Waals surface area contributed by atoms with Gasteiger partial charge in [0.15, 0.2) is 5.82 Å². The predicted molar refractivity (Wildman–Crippen MR) is 57.8 cm³/mol. The number of rotatable bonds is 2. The van der Waals surface area contributed by atoms with Crippen LogP contribution in [0.25, 0.3) is 5.82 Å². The minimum absolute atomic E-state index is 0.0968. The van der Waals surface area contributed by atoms with Crippen LogP contribution in [-0.4, -0.2) is 25.8 Å². The van der Waals surface area contributed by atoms with Crippen LogP contribution in [-0.2, 0) is 0 Å². The van der Waals surface area contributed by atoms with Gasteiger partial charge in [0.1, 0.15) is 11.6 Å². The fraction of sp³-hybridized carbons (Fsp3) is 0.0909. The second-order valence-electron chi connectivity index (χ2n) is 3.36. The first-order valence-corrected chi connectivity index (χ1v) is 4.78. The van der Waals surface area contributed by atoms with Gasteiger partial charge in [0.05, 0.1) is 11.3 Å². The van der Waals surface area contributed by atoms with E-state index in [0.717, 1.165) is 0 Å². The zero-order chi connectivity index (χ0) is 12.4. The topological polar surface area (TPSA) is 91.8 Å². The highest BCUT2D eigenvalue weighted by molar-refractivity contribution is 5.88. The molecule has 0 aromatic carbocycles. The number of aromatic nitrogens is 3. The van der Waals surface area contributed by atoms with Gasteiger partial charge in [-0.2, -0.15) is 10.4 Å². The Kier molecular flexibility index (Phi) is 2.58. The molecule has 2 aromatic heterocycles. The zero-order valence-corrected chi connectivity index (χ0v) is 8.95. The summed E-state index contributed by atoms with van der Waals surface area (Å²) >= 11 is 0. The van der Waals surface area contributed by atoms with E-state index in [4.69, 9.17) is 10.4 Å². The molecule has 6 heteroatoms. The number of aryl methyl sites for hydroxylation is 1. The summed E-state index contributed by atoms with van der Waals surface area (Å²) in [5.74, 6) is -0.728. The van der Waals surface area contributed by atoms with Crippen LogP contribution in [0.2, 0.25) is 0 Å². The number of pyridine rings is 1. The molecule has 0 bridgehead atoms. The van der Waals surface area contributed by atoms with Gasteiger partial charge in [-0.05, 0) is 19.1 Å². The lowest BCUT2D eigenvalue weighted by molar-refractivity contribution is 0.0696. The molecule has 0 fully saturated rings. The molecule has 2 heterocycles. The fourth-order valence-electron chi connectivity index (χ4n) is 1.45. The number of hydrogen-bond donors (Lipinski definition) is 1. The Morgan fingerprint density at radius 3 is 2.94 bits per heavy atom. The summed E-state index contributed by atoms with van der Waals surface area (Å²) in [5.41, 5.74) is 0.818. The summed E-state index contributed by atoms with van der Waals surface area (Å²) in [4.78, 5) is 14.9. The molecule has 84 valence electrons. The standard InChI is InChI=1S/C11H8N4O2/c1-7-9(11(16)17)6-15(14-7)10-8(5-12)3-2-4-13-10/h2-4,6H,1H3,(H,16,17). The summed E-state index contributed by atoms with van der Waals surface area (Å²) in [6.07, 6.45) is 2.87. The third kappa shape index (κ3) is 1.86. The van der Waals surface area contributed by atoms with Crippen LogP contribution in [0.5, 0.6) is 0 Å². The summed E-state index contributed by atoms with van der Waals surface area (Å²) in [6.45, 7) is 1.59. The second-order valence-corrected chi connectivity index (χ2v) is 3.36. The van der Waals surface area contributed by atoms with Crippen molar-refractivity contribution in [1.82, 2.24) is 14.8 Å². The van der Waals surface area contributed by atoms with Crippen molar-refractivity contribution in [2.24, 2.45) is 0 Å². The highest BCUT2D eigenvalue weighted by atomic mass is 16.4. The van der Waals surface area contributed by atoms with E-state index in [1.807, 2.05) is 6.07 Å². The maximum absolute atomic E-state index is 10.9. The lowest BCUT2D eigenvalue weighted by Crippen LogP contribution is -2.01. The van der Waals surface area contributed by atoms with E-state index in [2.05, 4.69) is 10.1 Å². The van der Waals surface area contributed by atoms with E-state index in [1.165, 1.54) is 17.1 Å². The number of nitrogens with zero attached hydrogens (tertiary/aromatic N) is 4. The van der Waals surface area contributed by atoms with Gasteiger partial charge in [-0.15, -0.1) is 0 Å². The monoisotopic (exact) mass is 228 g/mol. The maximum atomic E-state index is 10.9. The molecule has 0 amide bonds. The molecule has 6 nitrogen and oxygen atoms in total. The van der Waals surface area contributed by atoms with Crippen molar-refractivity contribution in [3.63, 3.8) is 0 Å². The number of carbonyl (C=O) groups is 1. The fourth-order valence-corrected chi connectivity index (χ4v) is 1.45. The molecule has 0 spiro atoms. The lowest BCUT2D eigenvalue weighted by Gasteiger charge is -2.00. The van der Waals surface area contributed by atoms with E-state index in [9.17, 15) is 4.79 Å². The van der Waals surface area contributed by atoms with Crippen LogP contribution in [0.3, 0.4) is 0 Å². The van der Waals surface area contributed by atoms with Crippen LogP contribution in [0.1, 0.15) is 21.6 Å². The zero-order valence-electron chi connectivity index (χ0n) is 8.95.